The summed E-state index contributed by atoms with van der Waals surface area (Å²) < 4.78 is 0. The lowest BCUT2D eigenvalue weighted by Gasteiger charge is -1.81. The van der Waals surface area contributed by atoms with Crippen molar-refractivity contribution >= 4 is 0 Å². The van der Waals surface area contributed by atoms with Gasteiger partial charge in [-0.15, -0.1) is 0 Å². The van der Waals surface area contributed by atoms with E-state index in [-0.39, 0.29) is 0 Å². The molecule has 0 atom stereocenters. The number of rotatable bonds is 0. The van der Waals surface area contributed by atoms with Crippen molar-refractivity contribution < 1.29 is 0 Å². The standard InChI is InChI=1S/C7H8/c1-2-7-5-3-4-6-7/h2H,3,5H2,1H3/b7-2-. The Bertz CT molecular complexity index is 141. The maximum Gasteiger partial charge on any atom is 0.0139 e. The fraction of sp³-hybridized carbons (Fsp3) is 0.429. The van der Waals surface area contributed by atoms with Crippen LogP contribution in [0.5, 0.6) is 0 Å². The maximum atomic E-state index is 3.02. The molecule has 0 fully saturated rings. The minimum atomic E-state index is 1.07. The third-order valence-electron chi connectivity index (χ3n) is 1.12. The number of hydrogen-bond acceptors (Lipinski definition) is 0. The summed E-state index contributed by atoms with van der Waals surface area (Å²) in [6, 6.07) is 0. The van der Waals surface area contributed by atoms with E-state index in [4.69, 9.17) is 0 Å². The highest BCUT2D eigenvalue weighted by molar-refractivity contribution is 5.33. The van der Waals surface area contributed by atoms with Crippen LogP contribution < -0.4 is 0 Å². The second-order valence-electron chi connectivity index (χ2n) is 1.62. The molecular weight excluding hydrogens is 84.1 g/mol. The molecule has 0 aromatic carbocycles. The van der Waals surface area contributed by atoms with Crippen LogP contribution in [0.15, 0.2) is 11.6 Å². The molecule has 0 aliphatic heterocycles. The van der Waals surface area contributed by atoms with Crippen molar-refractivity contribution in [2.75, 3.05) is 0 Å². The Balaban J connectivity index is 2.66. The molecule has 0 heterocycles. The van der Waals surface area contributed by atoms with E-state index < -0.39 is 0 Å². The van der Waals surface area contributed by atoms with Crippen LogP contribution in [-0.2, 0) is 0 Å². The van der Waals surface area contributed by atoms with Gasteiger partial charge in [-0.2, -0.15) is 0 Å². The normalized spacial score (nSPS) is 22.1. The smallest absolute Gasteiger partial charge is 0.0139 e. The lowest BCUT2D eigenvalue weighted by atomic mass is 10.2. The van der Waals surface area contributed by atoms with Gasteiger partial charge in [0.1, 0.15) is 0 Å². The van der Waals surface area contributed by atoms with Crippen LogP contribution in [0.1, 0.15) is 19.8 Å². The van der Waals surface area contributed by atoms with Crippen LogP contribution in [0, 0.1) is 11.8 Å². The van der Waals surface area contributed by atoms with Crippen LogP contribution in [0.4, 0.5) is 0 Å². The van der Waals surface area contributed by atoms with Gasteiger partial charge in [-0.3, -0.25) is 0 Å². The Morgan fingerprint density at radius 3 is 2.86 bits per heavy atom. The van der Waals surface area contributed by atoms with Gasteiger partial charge in [0.25, 0.3) is 0 Å². The Morgan fingerprint density at radius 2 is 2.57 bits per heavy atom. The molecule has 1 rings (SSSR count). The monoisotopic (exact) mass is 92.1 g/mol. The van der Waals surface area contributed by atoms with Crippen molar-refractivity contribution in [3.8, 4) is 11.8 Å². The largest absolute Gasteiger partial charge is 0.0979 e. The van der Waals surface area contributed by atoms with Crippen LogP contribution in [0.2, 0.25) is 0 Å². The van der Waals surface area contributed by atoms with E-state index in [0.717, 1.165) is 12.8 Å². The Morgan fingerprint density at radius 1 is 1.71 bits per heavy atom. The van der Waals surface area contributed by atoms with Crippen LogP contribution >= 0.6 is 0 Å². The zero-order valence-corrected chi connectivity index (χ0v) is 4.49. The predicted octanol–water partition coefficient (Wildman–Crippen LogP) is 1.73. The molecule has 0 spiro atoms. The highest BCUT2D eigenvalue weighted by atomic mass is 14.0. The van der Waals surface area contributed by atoms with Gasteiger partial charge < -0.3 is 0 Å². The van der Waals surface area contributed by atoms with Crippen LogP contribution in [-0.4, -0.2) is 0 Å². The number of allylic oxidation sites excluding steroid dienone is 2. The zero-order valence-electron chi connectivity index (χ0n) is 4.49. The number of hydrogen-bond donors (Lipinski definition) is 0. The Hall–Kier alpha value is -0.700. The Labute approximate surface area is 44.2 Å². The average Bonchev–Trinajstić information content (AvgIpc) is 2.14. The molecular formula is C7H8. The van der Waals surface area contributed by atoms with Gasteiger partial charge in [0.15, 0.2) is 0 Å². The van der Waals surface area contributed by atoms with E-state index in [0.29, 0.717) is 0 Å². The highest BCUT2D eigenvalue weighted by Gasteiger charge is 1.93. The van der Waals surface area contributed by atoms with Crippen molar-refractivity contribution in [3.63, 3.8) is 0 Å². The van der Waals surface area contributed by atoms with Crippen molar-refractivity contribution in [2.24, 2.45) is 0 Å². The van der Waals surface area contributed by atoms with Gasteiger partial charge in [-0.25, -0.2) is 0 Å². The fourth-order valence-electron chi connectivity index (χ4n) is 0.652. The second kappa shape index (κ2) is 1.84. The molecule has 0 amide bonds. The van der Waals surface area contributed by atoms with Crippen LogP contribution in [0.3, 0.4) is 0 Å². The molecule has 1 aliphatic carbocycles. The highest BCUT2D eigenvalue weighted by Crippen LogP contribution is 2.07. The molecule has 0 nitrogen and oxygen atoms in total. The molecule has 0 saturated carbocycles. The van der Waals surface area contributed by atoms with Crippen LogP contribution in [0.25, 0.3) is 0 Å². The minimum Gasteiger partial charge on any atom is -0.0979 e. The summed E-state index contributed by atoms with van der Waals surface area (Å²) in [4.78, 5) is 0. The molecule has 0 unspecified atom stereocenters. The molecule has 1 aliphatic rings. The molecule has 0 aromatic rings. The Kier molecular flexibility index (Phi) is 1.17. The van der Waals surface area contributed by atoms with E-state index in [1.165, 1.54) is 5.57 Å². The third-order valence-corrected chi connectivity index (χ3v) is 1.12. The summed E-state index contributed by atoms with van der Waals surface area (Å²) in [5.41, 5.74) is 1.31. The van der Waals surface area contributed by atoms with Gasteiger partial charge in [0.05, 0.1) is 0 Å². The van der Waals surface area contributed by atoms with E-state index in [1.54, 1.807) is 0 Å². The third kappa shape index (κ3) is 0.838. The first kappa shape index (κ1) is 4.46. The topological polar surface area (TPSA) is 0 Å². The van der Waals surface area contributed by atoms with Crippen molar-refractivity contribution in [3.05, 3.63) is 11.6 Å². The van der Waals surface area contributed by atoms with E-state index in [1.807, 2.05) is 6.92 Å². The molecule has 0 saturated heterocycles. The summed E-state index contributed by atoms with van der Waals surface area (Å²) in [5.74, 6) is 6.02. The van der Waals surface area contributed by atoms with Crippen molar-refractivity contribution in [2.45, 2.75) is 19.8 Å². The molecule has 7 heavy (non-hydrogen) atoms. The van der Waals surface area contributed by atoms with Gasteiger partial charge >= 0.3 is 0 Å². The fourth-order valence-corrected chi connectivity index (χ4v) is 0.652. The summed E-state index contributed by atoms with van der Waals surface area (Å²) in [6.07, 6.45) is 4.30. The van der Waals surface area contributed by atoms with Gasteiger partial charge in [-0.05, 0) is 18.9 Å². The summed E-state index contributed by atoms with van der Waals surface area (Å²) in [5, 5.41) is 0. The summed E-state index contributed by atoms with van der Waals surface area (Å²) >= 11 is 0. The molecule has 0 N–H and O–H groups in total. The summed E-state index contributed by atoms with van der Waals surface area (Å²) in [6.45, 7) is 2.04. The first-order valence-electron chi connectivity index (χ1n) is 2.57. The molecule has 0 radical (unpaired) electrons. The maximum absolute atomic E-state index is 3.02. The second-order valence-corrected chi connectivity index (χ2v) is 1.62. The minimum absolute atomic E-state index is 1.07. The van der Waals surface area contributed by atoms with Gasteiger partial charge in [0.2, 0.25) is 0 Å². The van der Waals surface area contributed by atoms with Gasteiger partial charge in [-0.1, -0.05) is 17.9 Å². The lowest BCUT2D eigenvalue weighted by Crippen LogP contribution is -1.66. The molecule has 0 aromatic heterocycles. The van der Waals surface area contributed by atoms with Crippen molar-refractivity contribution in [1.82, 2.24) is 0 Å². The lowest BCUT2D eigenvalue weighted by molar-refractivity contribution is 1.07. The first-order valence-corrected chi connectivity index (χ1v) is 2.57. The van der Waals surface area contributed by atoms with E-state index in [2.05, 4.69) is 17.9 Å². The quantitative estimate of drug-likeness (QED) is 0.399. The van der Waals surface area contributed by atoms with Gasteiger partial charge in [0, 0.05) is 6.42 Å². The van der Waals surface area contributed by atoms with Crippen molar-refractivity contribution in [1.29, 1.82) is 0 Å². The molecule has 36 valence electrons. The molecule has 0 heteroatoms. The summed E-state index contributed by atoms with van der Waals surface area (Å²) in [7, 11) is 0. The molecule has 0 bridgehead atoms. The van der Waals surface area contributed by atoms with E-state index in [9.17, 15) is 0 Å². The predicted molar refractivity (Wildman–Crippen MR) is 30.8 cm³/mol. The first-order chi connectivity index (χ1) is 3.43. The average molecular weight is 92.1 g/mol. The van der Waals surface area contributed by atoms with E-state index >= 15 is 0 Å². The SMILES string of the molecule is C/C=C1\C#CCC1. The zero-order chi connectivity index (χ0) is 5.11.